The summed E-state index contributed by atoms with van der Waals surface area (Å²) in [4.78, 5) is 35.9. The molecule has 0 aliphatic rings. The lowest BCUT2D eigenvalue weighted by molar-refractivity contribution is -0.870. The van der Waals surface area contributed by atoms with E-state index in [4.69, 9.17) is 24.3 Å². The molecule has 0 saturated carbocycles. The number of quaternary nitrogens is 1. The molecule has 41 heavy (non-hydrogen) atoms. The molecule has 0 amide bonds. The van der Waals surface area contributed by atoms with Gasteiger partial charge >= 0.3 is 11.9 Å². The molecule has 0 aromatic carbocycles. The lowest BCUT2D eigenvalue weighted by atomic mass is 10.3. The van der Waals surface area contributed by atoms with E-state index in [1.807, 2.05) is 21.1 Å². The molecule has 3 unspecified atom stereocenters. The van der Waals surface area contributed by atoms with E-state index in [1.54, 1.807) is 6.92 Å². The summed E-state index contributed by atoms with van der Waals surface area (Å²) >= 11 is 3.90. The van der Waals surface area contributed by atoms with Crippen molar-refractivity contribution in [2.45, 2.75) is 19.1 Å². The second-order valence-electron chi connectivity index (χ2n) is 8.16. The summed E-state index contributed by atoms with van der Waals surface area (Å²) in [5.41, 5.74) is 5.56. The van der Waals surface area contributed by atoms with Crippen LogP contribution in [0.25, 0.3) is 0 Å². The van der Waals surface area contributed by atoms with Crippen LogP contribution < -0.4 is 10.6 Å². The molecule has 0 aromatic rings. The van der Waals surface area contributed by atoms with Crippen molar-refractivity contribution >= 4 is 32.4 Å². The highest BCUT2D eigenvalue weighted by molar-refractivity contribution is 7.80. The monoisotopic (exact) mass is 594 g/mol. The molecule has 0 aliphatic carbocycles. The van der Waals surface area contributed by atoms with E-state index in [0.717, 1.165) is 0 Å². The third-order valence-electron chi connectivity index (χ3n) is 3.71. The molecular formula is C29H27N2O8PS. The smallest absolute Gasteiger partial charge is 0.385 e. The van der Waals surface area contributed by atoms with Gasteiger partial charge in [-0.05, 0) is 89.8 Å². The highest BCUT2D eigenvalue weighted by Crippen LogP contribution is 2.38. The van der Waals surface area contributed by atoms with E-state index < -0.39 is 45.1 Å². The van der Waals surface area contributed by atoms with Gasteiger partial charge in [0.05, 0.1) is 27.7 Å². The summed E-state index contributed by atoms with van der Waals surface area (Å²) in [6, 6.07) is -1.09. The Morgan fingerprint density at radius 3 is 1.80 bits per heavy atom. The van der Waals surface area contributed by atoms with Gasteiger partial charge in [0.15, 0.2) is 6.10 Å². The van der Waals surface area contributed by atoms with Gasteiger partial charge in [0, 0.05) is 11.7 Å². The Labute approximate surface area is 247 Å². The lowest BCUT2D eigenvalue weighted by Crippen LogP contribution is -2.39. The van der Waals surface area contributed by atoms with E-state index in [9.17, 15) is 19.0 Å². The van der Waals surface area contributed by atoms with Crippen molar-refractivity contribution in [3.8, 4) is 94.7 Å². The van der Waals surface area contributed by atoms with Crippen molar-refractivity contribution in [1.82, 2.24) is 0 Å². The van der Waals surface area contributed by atoms with E-state index in [-0.39, 0.29) is 12.4 Å². The summed E-state index contributed by atoms with van der Waals surface area (Å²) in [7, 11) is 0.826. The molecule has 2 N–H and O–H groups in total. The fourth-order valence-corrected chi connectivity index (χ4v) is 2.68. The van der Waals surface area contributed by atoms with Crippen LogP contribution in [0.1, 0.15) is 6.92 Å². The number of carbonyl (C=O) groups is 2. The van der Waals surface area contributed by atoms with Crippen molar-refractivity contribution in [2.24, 2.45) is 5.73 Å². The number of ether oxygens (including phenoxy) is 2. The molecule has 0 rings (SSSR count). The van der Waals surface area contributed by atoms with Gasteiger partial charge in [-0.25, -0.2) is 4.79 Å². The molecule has 3 atom stereocenters. The Balaban J connectivity index is 4.97. The molecule has 0 aliphatic heterocycles. The molecule has 0 spiro atoms. The van der Waals surface area contributed by atoms with Gasteiger partial charge in [0.25, 0.3) is 7.82 Å². The maximum Gasteiger partial charge on any atom is 0.385 e. The second-order valence-corrected chi connectivity index (χ2v) is 9.94. The summed E-state index contributed by atoms with van der Waals surface area (Å²) in [6.45, 7) is 0.656. The van der Waals surface area contributed by atoms with E-state index >= 15 is 0 Å². The van der Waals surface area contributed by atoms with Crippen molar-refractivity contribution in [1.29, 1.82) is 0 Å². The predicted octanol–water partition coefficient (Wildman–Crippen LogP) is -1.05. The average molecular weight is 595 g/mol. The summed E-state index contributed by atoms with van der Waals surface area (Å²) < 4.78 is 32.0. The first-order chi connectivity index (χ1) is 19.4. The maximum atomic E-state index is 12.0. The Kier molecular flexibility index (Phi) is 19.4. The number of rotatable bonds is 12. The number of phosphoric ester groups is 1. The van der Waals surface area contributed by atoms with Crippen LogP contribution in [-0.2, 0) is 32.7 Å². The van der Waals surface area contributed by atoms with Gasteiger partial charge in [-0.2, -0.15) is 12.6 Å². The molecule has 12 heteroatoms. The number of hydrogen-bond donors (Lipinski definition) is 2. The zero-order chi connectivity index (χ0) is 31.0. The topological polar surface area (TPSA) is 137 Å². The largest absolute Gasteiger partial charge is 0.756 e. The second kappa shape index (κ2) is 21.6. The van der Waals surface area contributed by atoms with Crippen molar-refractivity contribution in [3.05, 3.63) is 0 Å². The fourth-order valence-electron chi connectivity index (χ4n) is 1.81. The fraction of sp³-hybridized carbons (Fsp3) is 0.379. The number of phosphoric acid groups is 1. The SMILES string of the molecule is CC#CC#CC#CC#CC#CC#CC#CC#CC(=O)OCC(COP(=O)([O-])OCC[N+](C)(C)C)OC(=O)C(N)CS. The first-order valence-corrected chi connectivity index (χ1v) is 13.6. The molecular weight excluding hydrogens is 567 g/mol. The quantitative estimate of drug-likeness (QED) is 0.0725. The summed E-state index contributed by atoms with van der Waals surface area (Å²) in [5.74, 6) is 36.6. The van der Waals surface area contributed by atoms with Crippen molar-refractivity contribution in [3.63, 3.8) is 0 Å². The Morgan fingerprint density at radius 1 is 0.854 bits per heavy atom. The van der Waals surface area contributed by atoms with Crippen LogP contribution >= 0.6 is 20.5 Å². The highest BCUT2D eigenvalue weighted by atomic mass is 32.1. The zero-order valence-electron chi connectivity index (χ0n) is 22.9. The summed E-state index contributed by atoms with van der Waals surface area (Å²) in [5, 5.41) is 0. The van der Waals surface area contributed by atoms with E-state index in [2.05, 4.69) is 107 Å². The minimum atomic E-state index is -4.73. The Hall–Kier alpha value is -4.20. The van der Waals surface area contributed by atoms with Gasteiger partial charge in [-0.3, -0.25) is 9.36 Å². The van der Waals surface area contributed by atoms with E-state index in [1.165, 1.54) is 0 Å². The third-order valence-corrected chi connectivity index (χ3v) is 5.07. The van der Waals surface area contributed by atoms with Crippen LogP contribution in [0.15, 0.2) is 0 Å². The number of carbonyl (C=O) groups excluding carboxylic acids is 2. The average Bonchev–Trinajstić information content (AvgIpc) is 2.90. The first-order valence-electron chi connectivity index (χ1n) is 11.5. The predicted molar refractivity (Wildman–Crippen MR) is 153 cm³/mol. The Bertz CT molecular complexity index is 1490. The number of likely N-dealkylation sites (N-methyl/N-ethyl adjacent to an activating group) is 1. The van der Waals surface area contributed by atoms with Gasteiger partial charge in [0.2, 0.25) is 0 Å². The molecule has 212 valence electrons. The van der Waals surface area contributed by atoms with Gasteiger partial charge in [-0.15, -0.1) is 0 Å². The van der Waals surface area contributed by atoms with Crippen LogP contribution in [0.3, 0.4) is 0 Å². The van der Waals surface area contributed by atoms with Crippen molar-refractivity contribution in [2.75, 3.05) is 53.3 Å². The molecule has 0 radical (unpaired) electrons. The Morgan fingerprint density at radius 2 is 1.34 bits per heavy atom. The number of nitrogens with two attached hydrogens (primary N) is 1. The molecule has 0 saturated heterocycles. The summed E-state index contributed by atoms with van der Waals surface area (Å²) in [6.07, 6.45) is -1.32. The van der Waals surface area contributed by atoms with Crippen molar-refractivity contribution < 1.29 is 42.1 Å². The lowest BCUT2D eigenvalue weighted by Gasteiger charge is -2.28. The molecule has 0 aromatic heterocycles. The minimum Gasteiger partial charge on any atom is -0.756 e. The zero-order valence-corrected chi connectivity index (χ0v) is 24.7. The van der Waals surface area contributed by atoms with Crippen LogP contribution in [-0.4, -0.2) is 81.8 Å². The maximum absolute atomic E-state index is 12.0. The number of esters is 2. The molecule has 0 heterocycles. The minimum absolute atomic E-state index is 0.0354. The van der Waals surface area contributed by atoms with Gasteiger partial charge in [-0.1, -0.05) is 5.92 Å². The first kappa shape index (κ1) is 36.8. The normalized spacial score (nSPS) is 11.7. The van der Waals surface area contributed by atoms with Gasteiger partial charge < -0.3 is 33.6 Å². The molecule has 0 bridgehead atoms. The third kappa shape index (κ3) is 23.4. The number of thiol groups is 1. The van der Waals surface area contributed by atoms with Crippen LogP contribution in [0, 0.1) is 94.7 Å². The molecule has 10 nitrogen and oxygen atoms in total. The van der Waals surface area contributed by atoms with Crippen LogP contribution in [0.2, 0.25) is 0 Å². The van der Waals surface area contributed by atoms with Crippen LogP contribution in [0.4, 0.5) is 0 Å². The van der Waals surface area contributed by atoms with Crippen LogP contribution in [0.5, 0.6) is 0 Å². The highest BCUT2D eigenvalue weighted by Gasteiger charge is 2.23. The standard InChI is InChI=1S/C29H27N2O8PS/c1-5-6-7-8-9-10-11-12-13-14-15-16-17-18-19-20-28(32)36-23-26(39-29(33)27(30)25-41)24-38-40(34,35)37-22-21-31(2,3)4/h26-27H,21-25,30H2,1-4H3,(H-,34,35,41). The molecule has 0 fully saturated rings. The van der Waals surface area contributed by atoms with Gasteiger partial charge in [0.1, 0.15) is 25.8 Å². The number of hydrogen-bond acceptors (Lipinski definition) is 10. The van der Waals surface area contributed by atoms with E-state index in [0.29, 0.717) is 11.0 Å². The number of nitrogens with zero attached hydrogens (tertiary/aromatic N) is 1.